The van der Waals surface area contributed by atoms with Gasteiger partial charge >= 0.3 is 6.01 Å². The zero-order valence-electron chi connectivity index (χ0n) is 8.36. The number of nitrogens with zero attached hydrogens (tertiary/aromatic N) is 2. The van der Waals surface area contributed by atoms with Crippen molar-refractivity contribution in [1.82, 2.24) is 10.1 Å². The molecular formula is C10H15N3O. The van der Waals surface area contributed by atoms with E-state index in [1.165, 1.54) is 25.7 Å². The van der Waals surface area contributed by atoms with E-state index in [9.17, 15) is 0 Å². The molecule has 2 aliphatic carbocycles. The zero-order chi connectivity index (χ0) is 9.54. The Kier molecular flexibility index (Phi) is 1.75. The van der Waals surface area contributed by atoms with Crippen LogP contribution in [0, 0.1) is 5.92 Å². The number of anilines is 1. The molecule has 0 aromatic carbocycles. The van der Waals surface area contributed by atoms with Crippen LogP contribution < -0.4 is 5.32 Å². The Bertz CT molecular complexity index is 332. The summed E-state index contributed by atoms with van der Waals surface area (Å²) in [5.41, 5.74) is 0. The molecule has 1 aromatic heterocycles. The summed E-state index contributed by atoms with van der Waals surface area (Å²) in [5, 5.41) is 7.26. The van der Waals surface area contributed by atoms with Gasteiger partial charge in [0.1, 0.15) is 0 Å². The average molecular weight is 193 g/mol. The van der Waals surface area contributed by atoms with Crippen molar-refractivity contribution in [2.75, 3.05) is 5.32 Å². The molecule has 0 saturated heterocycles. The van der Waals surface area contributed by atoms with Gasteiger partial charge in [0.2, 0.25) is 0 Å². The highest BCUT2D eigenvalue weighted by Gasteiger charge is 2.31. The third-order valence-corrected chi connectivity index (χ3v) is 3.31. The molecule has 3 rings (SSSR count). The summed E-state index contributed by atoms with van der Waals surface area (Å²) >= 11 is 0. The number of hydrogen-bond donors (Lipinski definition) is 1. The molecule has 2 saturated carbocycles. The van der Waals surface area contributed by atoms with Gasteiger partial charge in [0.15, 0.2) is 5.82 Å². The van der Waals surface area contributed by atoms with Crippen LogP contribution in [-0.4, -0.2) is 16.2 Å². The Hall–Kier alpha value is -1.06. The highest BCUT2D eigenvalue weighted by atomic mass is 16.5. The molecule has 2 fully saturated rings. The SMILES string of the molecule is CC1CCC1Nc1nc(C2CC2)no1. The van der Waals surface area contributed by atoms with Gasteiger partial charge < -0.3 is 9.84 Å². The van der Waals surface area contributed by atoms with E-state index in [0.717, 1.165) is 11.7 Å². The molecule has 1 aromatic rings. The number of rotatable bonds is 3. The Labute approximate surface area is 83.1 Å². The lowest BCUT2D eigenvalue weighted by molar-refractivity contribution is 0.293. The van der Waals surface area contributed by atoms with E-state index in [1.807, 2.05) is 0 Å². The smallest absolute Gasteiger partial charge is 0.321 e. The molecule has 1 heterocycles. The van der Waals surface area contributed by atoms with E-state index in [4.69, 9.17) is 4.52 Å². The average Bonchev–Trinajstić information content (AvgIpc) is 2.93. The van der Waals surface area contributed by atoms with Crippen molar-refractivity contribution in [3.63, 3.8) is 0 Å². The summed E-state index contributed by atoms with van der Waals surface area (Å²) < 4.78 is 5.15. The van der Waals surface area contributed by atoms with Crippen LogP contribution in [0.15, 0.2) is 4.52 Å². The fourth-order valence-electron chi connectivity index (χ4n) is 1.84. The van der Waals surface area contributed by atoms with E-state index >= 15 is 0 Å². The predicted molar refractivity (Wildman–Crippen MR) is 52.1 cm³/mol. The summed E-state index contributed by atoms with van der Waals surface area (Å²) in [7, 11) is 0. The summed E-state index contributed by atoms with van der Waals surface area (Å²) in [6.07, 6.45) is 4.97. The highest BCUT2D eigenvalue weighted by Crippen LogP contribution is 2.38. The number of aromatic nitrogens is 2. The van der Waals surface area contributed by atoms with E-state index in [1.54, 1.807) is 0 Å². The first-order valence-electron chi connectivity index (χ1n) is 5.43. The predicted octanol–water partition coefficient (Wildman–Crippen LogP) is 2.16. The normalized spacial score (nSPS) is 31.2. The van der Waals surface area contributed by atoms with Crippen LogP contribution in [0.5, 0.6) is 0 Å². The van der Waals surface area contributed by atoms with E-state index in [-0.39, 0.29) is 0 Å². The molecule has 0 aliphatic heterocycles. The maximum Gasteiger partial charge on any atom is 0.321 e. The molecular weight excluding hydrogens is 178 g/mol. The van der Waals surface area contributed by atoms with Crippen LogP contribution in [0.2, 0.25) is 0 Å². The molecule has 0 amide bonds. The first-order valence-corrected chi connectivity index (χ1v) is 5.43. The van der Waals surface area contributed by atoms with Crippen LogP contribution in [0.1, 0.15) is 44.3 Å². The maximum absolute atomic E-state index is 5.15. The van der Waals surface area contributed by atoms with Crippen molar-refractivity contribution >= 4 is 6.01 Å². The Morgan fingerprint density at radius 3 is 2.71 bits per heavy atom. The third-order valence-electron chi connectivity index (χ3n) is 3.31. The maximum atomic E-state index is 5.15. The van der Waals surface area contributed by atoms with Crippen molar-refractivity contribution in [1.29, 1.82) is 0 Å². The van der Waals surface area contributed by atoms with Crippen LogP contribution in [0.4, 0.5) is 6.01 Å². The topological polar surface area (TPSA) is 51.0 Å². The molecule has 1 N–H and O–H groups in total. The van der Waals surface area contributed by atoms with E-state index in [2.05, 4.69) is 22.4 Å². The van der Waals surface area contributed by atoms with Gasteiger partial charge in [-0.2, -0.15) is 4.98 Å². The van der Waals surface area contributed by atoms with Gasteiger partial charge in [-0.3, -0.25) is 0 Å². The monoisotopic (exact) mass is 193 g/mol. The Morgan fingerprint density at radius 2 is 2.14 bits per heavy atom. The van der Waals surface area contributed by atoms with Crippen molar-refractivity contribution in [3.05, 3.63) is 5.82 Å². The van der Waals surface area contributed by atoms with Crippen molar-refractivity contribution in [2.45, 2.75) is 44.6 Å². The van der Waals surface area contributed by atoms with Crippen molar-refractivity contribution in [2.24, 2.45) is 5.92 Å². The molecule has 0 spiro atoms. The molecule has 14 heavy (non-hydrogen) atoms. The molecule has 0 radical (unpaired) electrons. The van der Waals surface area contributed by atoms with Crippen molar-refractivity contribution < 1.29 is 4.52 Å². The Morgan fingerprint density at radius 1 is 1.29 bits per heavy atom. The first kappa shape index (κ1) is 8.26. The lowest BCUT2D eigenvalue weighted by Gasteiger charge is -2.33. The van der Waals surface area contributed by atoms with Crippen LogP contribution in [0.25, 0.3) is 0 Å². The molecule has 0 bridgehead atoms. The van der Waals surface area contributed by atoms with Gasteiger partial charge in [-0.05, 0) is 31.6 Å². The quantitative estimate of drug-likeness (QED) is 0.799. The molecule has 2 atom stereocenters. The van der Waals surface area contributed by atoms with Gasteiger partial charge in [0, 0.05) is 12.0 Å². The van der Waals surface area contributed by atoms with Gasteiger partial charge in [-0.1, -0.05) is 12.1 Å². The summed E-state index contributed by atoms with van der Waals surface area (Å²) in [4.78, 5) is 4.34. The number of nitrogens with one attached hydrogen (secondary N) is 1. The fraction of sp³-hybridized carbons (Fsp3) is 0.800. The van der Waals surface area contributed by atoms with Gasteiger partial charge in [-0.25, -0.2) is 0 Å². The van der Waals surface area contributed by atoms with Crippen LogP contribution in [0.3, 0.4) is 0 Å². The molecule has 76 valence electrons. The standard InChI is InChI=1S/C10H15N3O/c1-6-2-5-8(6)11-10-12-9(13-14-10)7-3-4-7/h6-8H,2-5H2,1H3,(H,11,12,13). The van der Waals surface area contributed by atoms with Gasteiger partial charge in [0.05, 0.1) is 0 Å². The minimum absolute atomic E-state index is 0.544. The van der Waals surface area contributed by atoms with Crippen LogP contribution in [-0.2, 0) is 0 Å². The second-order valence-corrected chi connectivity index (χ2v) is 4.54. The molecule has 4 heteroatoms. The third kappa shape index (κ3) is 1.38. The second kappa shape index (κ2) is 2.97. The fourth-order valence-corrected chi connectivity index (χ4v) is 1.84. The van der Waals surface area contributed by atoms with E-state index in [0.29, 0.717) is 18.0 Å². The van der Waals surface area contributed by atoms with Gasteiger partial charge in [-0.15, -0.1) is 0 Å². The lowest BCUT2D eigenvalue weighted by Crippen LogP contribution is -2.36. The molecule has 4 nitrogen and oxygen atoms in total. The highest BCUT2D eigenvalue weighted by molar-refractivity contribution is 5.24. The lowest BCUT2D eigenvalue weighted by atomic mass is 9.81. The van der Waals surface area contributed by atoms with Gasteiger partial charge in [0.25, 0.3) is 0 Å². The zero-order valence-corrected chi connectivity index (χ0v) is 8.36. The van der Waals surface area contributed by atoms with E-state index < -0.39 is 0 Å². The minimum Gasteiger partial charge on any atom is -0.335 e. The molecule has 2 aliphatic rings. The Balaban J connectivity index is 1.64. The summed E-state index contributed by atoms with van der Waals surface area (Å²) in [5.74, 6) is 2.21. The second-order valence-electron chi connectivity index (χ2n) is 4.54. The largest absolute Gasteiger partial charge is 0.335 e. The van der Waals surface area contributed by atoms with Crippen LogP contribution >= 0.6 is 0 Å². The number of hydrogen-bond acceptors (Lipinski definition) is 4. The first-order chi connectivity index (χ1) is 6.83. The summed E-state index contributed by atoms with van der Waals surface area (Å²) in [6, 6.07) is 1.16. The van der Waals surface area contributed by atoms with Crippen molar-refractivity contribution in [3.8, 4) is 0 Å². The minimum atomic E-state index is 0.544. The summed E-state index contributed by atoms with van der Waals surface area (Å²) in [6.45, 7) is 2.25. The molecule has 2 unspecified atom stereocenters.